The minimum atomic E-state index is -0.592. The van der Waals surface area contributed by atoms with Gasteiger partial charge in [0, 0.05) is 25.2 Å². The van der Waals surface area contributed by atoms with Crippen molar-refractivity contribution >= 4 is 16.8 Å². The van der Waals surface area contributed by atoms with Gasteiger partial charge in [-0.05, 0) is 18.2 Å². The Morgan fingerprint density at radius 3 is 2.72 bits per heavy atom. The molecule has 1 saturated heterocycles. The SMILES string of the molecule is COc1ccccc1C1CNCCN1C(=O)Cn1c(=O)[nH]c2ccccc2c1=O. The summed E-state index contributed by atoms with van der Waals surface area (Å²) in [7, 11) is 1.59. The van der Waals surface area contributed by atoms with Gasteiger partial charge in [-0.15, -0.1) is 0 Å². The molecule has 1 aliphatic heterocycles. The molecule has 8 nitrogen and oxygen atoms in total. The first-order valence-electron chi connectivity index (χ1n) is 9.45. The fourth-order valence-electron chi connectivity index (χ4n) is 3.79. The number of nitrogens with zero attached hydrogens (tertiary/aromatic N) is 2. The average molecular weight is 394 g/mol. The molecule has 8 heteroatoms. The summed E-state index contributed by atoms with van der Waals surface area (Å²) in [6.07, 6.45) is 0. The molecule has 2 heterocycles. The molecule has 3 aromatic rings. The highest BCUT2D eigenvalue weighted by Crippen LogP contribution is 2.30. The third kappa shape index (κ3) is 3.54. The van der Waals surface area contributed by atoms with Gasteiger partial charge >= 0.3 is 5.69 Å². The van der Waals surface area contributed by atoms with E-state index in [0.29, 0.717) is 36.3 Å². The Bertz CT molecular complexity index is 1170. The van der Waals surface area contributed by atoms with Gasteiger partial charge in [0.15, 0.2) is 0 Å². The lowest BCUT2D eigenvalue weighted by molar-refractivity contribution is -0.135. The fourth-order valence-corrected chi connectivity index (χ4v) is 3.79. The smallest absolute Gasteiger partial charge is 0.329 e. The van der Waals surface area contributed by atoms with Crippen molar-refractivity contribution in [3.63, 3.8) is 0 Å². The number of aromatic amines is 1. The van der Waals surface area contributed by atoms with Crippen molar-refractivity contribution in [2.45, 2.75) is 12.6 Å². The maximum Gasteiger partial charge on any atom is 0.329 e. The molecule has 1 atom stereocenters. The van der Waals surface area contributed by atoms with Crippen LogP contribution in [0.4, 0.5) is 0 Å². The Morgan fingerprint density at radius 1 is 1.14 bits per heavy atom. The molecule has 150 valence electrons. The Kier molecular flexibility index (Phi) is 5.18. The quantitative estimate of drug-likeness (QED) is 0.685. The zero-order valence-electron chi connectivity index (χ0n) is 16.1. The summed E-state index contributed by atoms with van der Waals surface area (Å²) in [4.78, 5) is 42.7. The van der Waals surface area contributed by atoms with E-state index in [0.717, 1.165) is 10.1 Å². The number of carbonyl (C=O) groups is 1. The molecule has 1 fully saturated rings. The maximum absolute atomic E-state index is 13.1. The van der Waals surface area contributed by atoms with E-state index in [9.17, 15) is 14.4 Å². The van der Waals surface area contributed by atoms with Gasteiger partial charge in [-0.3, -0.25) is 14.2 Å². The lowest BCUT2D eigenvalue weighted by atomic mass is 10.0. The van der Waals surface area contributed by atoms with E-state index in [1.807, 2.05) is 24.3 Å². The van der Waals surface area contributed by atoms with Crippen molar-refractivity contribution in [2.24, 2.45) is 0 Å². The lowest BCUT2D eigenvalue weighted by Gasteiger charge is -2.37. The highest BCUT2D eigenvalue weighted by molar-refractivity contribution is 5.79. The summed E-state index contributed by atoms with van der Waals surface area (Å²) in [5.74, 6) is 0.407. The van der Waals surface area contributed by atoms with Crippen LogP contribution in [0, 0.1) is 0 Å². The van der Waals surface area contributed by atoms with Crippen molar-refractivity contribution < 1.29 is 9.53 Å². The van der Waals surface area contributed by atoms with E-state index in [-0.39, 0.29) is 18.5 Å². The minimum Gasteiger partial charge on any atom is -0.496 e. The number of aromatic nitrogens is 2. The van der Waals surface area contributed by atoms with E-state index >= 15 is 0 Å². The summed E-state index contributed by atoms with van der Waals surface area (Å²) < 4.78 is 6.42. The van der Waals surface area contributed by atoms with Crippen LogP contribution in [0.5, 0.6) is 5.75 Å². The predicted octanol–water partition coefficient (Wildman–Crippen LogP) is 0.871. The molecule has 4 rings (SSSR count). The summed E-state index contributed by atoms with van der Waals surface area (Å²) in [5, 5.41) is 3.67. The Hall–Kier alpha value is -3.39. The molecule has 1 amide bonds. The molecule has 1 aromatic heterocycles. The van der Waals surface area contributed by atoms with Crippen LogP contribution in [-0.4, -0.2) is 47.1 Å². The molecule has 0 radical (unpaired) electrons. The second kappa shape index (κ2) is 7.92. The number of piperazine rings is 1. The van der Waals surface area contributed by atoms with Crippen LogP contribution < -0.4 is 21.3 Å². The first-order chi connectivity index (χ1) is 14.1. The number of methoxy groups -OCH3 is 1. The van der Waals surface area contributed by atoms with Gasteiger partial charge in [0.2, 0.25) is 5.91 Å². The number of H-pyrrole nitrogens is 1. The van der Waals surface area contributed by atoms with E-state index in [4.69, 9.17) is 4.74 Å². The second-order valence-corrected chi connectivity index (χ2v) is 6.92. The van der Waals surface area contributed by atoms with Crippen molar-refractivity contribution in [1.82, 2.24) is 19.8 Å². The largest absolute Gasteiger partial charge is 0.496 e. The van der Waals surface area contributed by atoms with Gasteiger partial charge in [0.1, 0.15) is 12.3 Å². The highest BCUT2D eigenvalue weighted by Gasteiger charge is 2.30. The van der Waals surface area contributed by atoms with Crippen LogP contribution in [0.1, 0.15) is 11.6 Å². The number of amides is 1. The number of ether oxygens (including phenoxy) is 1. The molecule has 2 N–H and O–H groups in total. The molecule has 0 aliphatic carbocycles. The number of hydrogen-bond acceptors (Lipinski definition) is 5. The van der Waals surface area contributed by atoms with Gasteiger partial charge < -0.3 is 19.9 Å². The number of benzene rings is 2. The Balaban J connectivity index is 1.68. The first kappa shape index (κ1) is 18.9. The molecule has 2 aromatic carbocycles. The standard InChI is InChI=1S/C21H22N4O4/c1-29-18-9-5-3-7-15(18)17-12-22-10-11-24(17)19(26)13-25-20(27)14-6-2-4-8-16(14)23-21(25)28/h2-9,17,22H,10-13H2,1H3,(H,23,28). The van der Waals surface area contributed by atoms with E-state index in [2.05, 4.69) is 10.3 Å². The van der Waals surface area contributed by atoms with Crippen LogP contribution in [0.2, 0.25) is 0 Å². The monoisotopic (exact) mass is 394 g/mol. The van der Waals surface area contributed by atoms with Crippen LogP contribution in [0.3, 0.4) is 0 Å². The van der Waals surface area contributed by atoms with Crippen LogP contribution in [0.15, 0.2) is 58.1 Å². The Morgan fingerprint density at radius 2 is 1.90 bits per heavy atom. The highest BCUT2D eigenvalue weighted by atomic mass is 16.5. The Labute approximate surface area is 166 Å². The second-order valence-electron chi connectivity index (χ2n) is 6.92. The summed E-state index contributed by atoms with van der Waals surface area (Å²) >= 11 is 0. The topological polar surface area (TPSA) is 96.4 Å². The molecular weight excluding hydrogens is 372 g/mol. The molecule has 0 bridgehead atoms. The number of hydrogen-bond donors (Lipinski definition) is 2. The molecule has 29 heavy (non-hydrogen) atoms. The van der Waals surface area contributed by atoms with E-state index in [1.165, 1.54) is 0 Å². The third-order valence-corrected chi connectivity index (χ3v) is 5.24. The minimum absolute atomic E-state index is 0.248. The zero-order valence-corrected chi connectivity index (χ0v) is 16.1. The van der Waals surface area contributed by atoms with Crippen LogP contribution in [-0.2, 0) is 11.3 Å². The third-order valence-electron chi connectivity index (χ3n) is 5.24. The van der Waals surface area contributed by atoms with Gasteiger partial charge in [0.05, 0.1) is 24.1 Å². The number of para-hydroxylation sites is 2. The number of carbonyl (C=O) groups excluding carboxylic acids is 1. The van der Waals surface area contributed by atoms with Gasteiger partial charge in [-0.2, -0.15) is 0 Å². The predicted molar refractivity (Wildman–Crippen MR) is 109 cm³/mol. The molecule has 0 saturated carbocycles. The van der Waals surface area contributed by atoms with Crippen molar-refractivity contribution in [3.05, 3.63) is 74.9 Å². The normalized spacial score (nSPS) is 16.7. The molecular formula is C21H22N4O4. The zero-order chi connectivity index (χ0) is 20.4. The summed E-state index contributed by atoms with van der Waals surface area (Å²) in [6.45, 7) is 1.36. The number of rotatable bonds is 4. The average Bonchev–Trinajstić information content (AvgIpc) is 2.76. The van der Waals surface area contributed by atoms with Crippen molar-refractivity contribution in [3.8, 4) is 5.75 Å². The lowest BCUT2D eigenvalue weighted by Crippen LogP contribution is -2.51. The summed E-state index contributed by atoms with van der Waals surface area (Å²) in [6, 6.07) is 14.1. The molecule has 0 spiro atoms. The van der Waals surface area contributed by atoms with Gasteiger partial charge in [-0.25, -0.2) is 4.79 Å². The van der Waals surface area contributed by atoms with Crippen LogP contribution >= 0.6 is 0 Å². The maximum atomic E-state index is 13.1. The fraction of sp³-hybridized carbons (Fsp3) is 0.286. The van der Waals surface area contributed by atoms with E-state index < -0.39 is 11.2 Å². The summed E-state index contributed by atoms with van der Waals surface area (Å²) in [5.41, 5.74) is 0.281. The van der Waals surface area contributed by atoms with E-state index in [1.54, 1.807) is 36.3 Å². The molecule has 1 aliphatic rings. The van der Waals surface area contributed by atoms with Crippen molar-refractivity contribution in [1.29, 1.82) is 0 Å². The number of fused-ring (bicyclic) bond motifs is 1. The van der Waals surface area contributed by atoms with Gasteiger partial charge in [0.25, 0.3) is 5.56 Å². The first-order valence-corrected chi connectivity index (χ1v) is 9.45. The van der Waals surface area contributed by atoms with Crippen LogP contribution in [0.25, 0.3) is 10.9 Å². The van der Waals surface area contributed by atoms with Gasteiger partial charge in [-0.1, -0.05) is 30.3 Å². The van der Waals surface area contributed by atoms with Crippen molar-refractivity contribution in [2.75, 3.05) is 26.7 Å². The number of nitrogens with one attached hydrogen (secondary N) is 2. The molecule has 1 unspecified atom stereocenters.